The summed E-state index contributed by atoms with van der Waals surface area (Å²) in [5, 5.41) is 23.8. The summed E-state index contributed by atoms with van der Waals surface area (Å²) in [6.45, 7) is 3.45. The molecule has 1 fully saturated rings. The van der Waals surface area contributed by atoms with Crippen LogP contribution in [-0.4, -0.2) is 44.3 Å². The third-order valence-corrected chi connectivity index (χ3v) is 5.62. The molecular weight excluding hydrogens is 384 g/mol. The minimum Gasteiger partial charge on any atom is -0.459 e. The van der Waals surface area contributed by atoms with E-state index < -0.39 is 0 Å². The normalized spacial score (nSPS) is 15.9. The van der Waals surface area contributed by atoms with Crippen LogP contribution in [0, 0.1) is 12.8 Å². The molecule has 0 amide bonds. The van der Waals surface area contributed by atoms with E-state index in [-0.39, 0.29) is 11.8 Å². The first-order valence-electron chi connectivity index (χ1n) is 9.82. The summed E-state index contributed by atoms with van der Waals surface area (Å²) in [4.78, 5) is 11.5. The van der Waals surface area contributed by atoms with Gasteiger partial charge in [-0.2, -0.15) is 10.1 Å². The standard InChI is InChI=1S/C20H22N8O2/c1-11-14-3-2-13(10-16(14)26-25-11)22-20-23-15-6-9-30-17(15)19(24-20)28-7-4-12(5-8-28)18(21)27-29/h2-3,6,9-10,12,29H,4-5,7-8H2,1H3,(H2,21,27)(H,25,26)(H,22,23,24). The predicted octanol–water partition coefficient (Wildman–Crippen LogP) is 3.11. The summed E-state index contributed by atoms with van der Waals surface area (Å²) in [5.41, 5.74) is 9.93. The van der Waals surface area contributed by atoms with E-state index in [0.29, 0.717) is 11.5 Å². The van der Waals surface area contributed by atoms with Crippen LogP contribution in [0.4, 0.5) is 17.5 Å². The molecule has 4 aromatic rings. The molecule has 5 N–H and O–H groups in total. The van der Waals surface area contributed by atoms with Gasteiger partial charge in [0.1, 0.15) is 11.4 Å². The number of aromatic amines is 1. The Kier molecular flexibility index (Phi) is 4.38. The highest BCUT2D eigenvalue weighted by molar-refractivity contribution is 5.88. The van der Waals surface area contributed by atoms with E-state index in [1.165, 1.54) is 0 Å². The van der Waals surface area contributed by atoms with Crippen molar-refractivity contribution in [2.24, 2.45) is 16.8 Å². The quantitative estimate of drug-likeness (QED) is 0.175. The van der Waals surface area contributed by atoms with Gasteiger partial charge in [0.05, 0.1) is 11.8 Å². The predicted molar refractivity (Wildman–Crippen MR) is 114 cm³/mol. The Morgan fingerprint density at radius 2 is 2.10 bits per heavy atom. The van der Waals surface area contributed by atoms with Crippen molar-refractivity contribution in [3.8, 4) is 0 Å². The fraction of sp³-hybridized carbons (Fsp3) is 0.300. The number of anilines is 3. The molecule has 0 radical (unpaired) electrons. The summed E-state index contributed by atoms with van der Waals surface area (Å²) in [7, 11) is 0. The summed E-state index contributed by atoms with van der Waals surface area (Å²) in [6.07, 6.45) is 3.18. The van der Waals surface area contributed by atoms with E-state index in [4.69, 9.17) is 20.3 Å². The Morgan fingerprint density at radius 1 is 1.27 bits per heavy atom. The highest BCUT2D eigenvalue weighted by Gasteiger charge is 2.26. The van der Waals surface area contributed by atoms with Crippen LogP contribution in [0.3, 0.4) is 0 Å². The van der Waals surface area contributed by atoms with Gasteiger partial charge < -0.3 is 25.6 Å². The minimum atomic E-state index is 0.0711. The van der Waals surface area contributed by atoms with Gasteiger partial charge in [-0.15, -0.1) is 0 Å². The molecule has 4 heterocycles. The number of furan rings is 1. The molecule has 10 nitrogen and oxygen atoms in total. The van der Waals surface area contributed by atoms with Gasteiger partial charge in [0.15, 0.2) is 11.4 Å². The number of amidine groups is 1. The number of rotatable bonds is 4. The monoisotopic (exact) mass is 406 g/mol. The fourth-order valence-corrected chi connectivity index (χ4v) is 3.94. The average Bonchev–Trinajstić information content (AvgIpc) is 3.39. The number of H-pyrrole nitrogens is 1. The van der Waals surface area contributed by atoms with Crippen LogP contribution in [0.25, 0.3) is 22.0 Å². The second-order valence-corrected chi connectivity index (χ2v) is 7.50. The lowest BCUT2D eigenvalue weighted by Crippen LogP contribution is -2.39. The average molecular weight is 406 g/mol. The first-order chi connectivity index (χ1) is 14.6. The zero-order chi connectivity index (χ0) is 20.7. The number of nitrogens with two attached hydrogens (primary N) is 1. The number of oxime groups is 1. The van der Waals surface area contributed by atoms with Gasteiger partial charge in [-0.1, -0.05) is 5.16 Å². The number of aromatic nitrogens is 4. The third-order valence-electron chi connectivity index (χ3n) is 5.62. The topological polar surface area (TPSA) is 141 Å². The van der Waals surface area contributed by atoms with Crippen molar-refractivity contribution < 1.29 is 9.62 Å². The van der Waals surface area contributed by atoms with Gasteiger partial charge in [-0.05, 0) is 38.0 Å². The number of nitrogens with zero attached hydrogens (tertiary/aromatic N) is 5. The van der Waals surface area contributed by atoms with Crippen LogP contribution in [0.1, 0.15) is 18.5 Å². The minimum absolute atomic E-state index is 0.0711. The van der Waals surface area contributed by atoms with Crippen LogP contribution in [0.2, 0.25) is 0 Å². The molecule has 1 aliphatic rings. The lowest BCUT2D eigenvalue weighted by atomic mass is 9.96. The molecule has 0 saturated carbocycles. The van der Waals surface area contributed by atoms with Crippen LogP contribution >= 0.6 is 0 Å². The molecule has 154 valence electrons. The van der Waals surface area contributed by atoms with Crippen LogP contribution in [0.5, 0.6) is 0 Å². The van der Waals surface area contributed by atoms with E-state index in [2.05, 4.69) is 30.6 Å². The molecule has 30 heavy (non-hydrogen) atoms. The number of nitrogens with one attached hydrogen (secondary N) is 2. The molecule has 3 aromatic heterocycles. The number of benzene rings is 1. The molecule has 1 aromatic carbocycles. The van der Waals surface area contributed by atoms with E-state index in [9.17, 15) is 0 Å². The van der Waals surface area contributed by atoms with E-state index >= 15 is 0 Å². The van der Waals surface area contributed by atoms with Crippen LogP contribution in [-0.2, 0) is 0 Å². The Morgan fingerprint density at radius 3 is 2.90 bits per heavy atom. The number of piperidine rings is 1. The molecule has 10 heteroatoms. The molecular formula is C20H22N8O2. The largest absolute Gasteiger partial charge is 0.459 e. The zero-order valence-electron chi connectivity index (χ0n) is 16.5. The molecule has 0 atom stereocenters. The van der Waals surface area contributed by atoms with Gasteiger partial charge in [0.25, 0.3) is 0 Å². The zero-order valence-corrected chi connectivity index (χ0v) is 16.5. The second-order valence-electron chi connectivity index (χ2n) is 7.50. The van der Waals surface area contributed by atoms with E-state index in [1.807, 2.05) is 31.2 Å². The highest BCUT2D eigenvalue weighted by Crippen LogP contribution is 2.31. The molecule has 1 saturated heterocycles. The Hall–Kier alpha value is -3.82. The molecule has 0 spiro atoms. The first kappa shape index (κ1) is 18.2. The molecule has 0 unspecified atom stereocenters. The summed E-state index contributed by atoms with van der Waals surface area (Å²) in [5.74, 6) is 1.58. The fourth-order valence-electron chi connectivity index (χ4n) is 3.94. The number of hydrogen-bond acceptors (Lipinski definition) is 8. The van der Waals surface area contributed by atoms with Gasteiger partial charge >= 0.3 is 0 Å². The summed E-state index contributed by atoms with van der Waals surface area (Å²) in [6, 6.07) is 7.79. The summed E-state index contributed by atoms with van der Waals surface area (Å²) >= 11 is 0. The maximum absolute atomic E-state index is 8.93. The molecule has 0 bridgehead atoms. The number of aryl methyl sites for hydroxylation is 1. The second kappa shape index (κ2) is 7.21. The lowest BCUT2D eigenvalue weighted by molar-refractivity contribution is 0.311. The van der Waals surface area contributed by atoms with Gasteiger partial charge in [0, 0.05) is 41.8 Å². The van der Waals surface area contributed by atoms with Crippen molar-refractivity contribution in [1.29, 1.82) is 0 Å². The number of fused-ring (bicyclic) bond motifs is 2. The highest BCUT2D eigenvalue weighted by atomic mass is 16.4. The van der Waals surface area contributed by atoms with Gasteiger partial charge in [0.2, 0.25) is 5.95 Å². The summed E-state index contributed by atoms with van der Waals surface area (Å²) < 4.78 is 5.67. The maximum atomic E-state index is 8.93. The van der Waals surface area contributed by atoms with Crippen molar-refractivity contribution in [1.82, 2.24) is 20.2 Å². The SMILES string of the molecule is Cc1[nH]nc2cc(Nc3nc(N4CCC(/C(N)=N\O)CC4)c4occc4n3)ccc12. The maximum Gasteiger partial charge on any atom is 0.229 e. The van der Waals surface area contributed by atoms with Gasteiger partial charge in [-0.3, -0.25) is 5.10 Å². The Bertz CT molecular complexity index is 1240. The third kappa shape index (κ3) is 3.15. The van der Waals surface area contributed by atoms with Crippen molar-refractivity contribution in [3.63, 3.8) is 0 Å². The van der Waals surface area contributed by atoms with Gasteiger partial charge in [-0.25, -0.2) is 4.98 Å². The van der Waals surface area contributed by atoms with E-state index in [0.717, 1.165) is 59.5 Å². The lowest BCUT2D eigenvalue weighted by Gasteiger charge is -2.32. The van der Waals surface area contributed by atoms with Crippen LogP contribution in [0.15, 0.2) is 40.1 Å². The number of hydrogen-bond donors (Lipinski definition) is 4. The Labute approximate surface area is 171 Å². The molecule has 0 aliphatic carbocycles. The smallest absolute Gasteiger partial charge is 0.229 e. The Balaban J connectivity index is 1.44. The van der Waals surface area contributed by atoms with Crippen molar-refractivity contribution in [3.05, 3.63) is 36.2 Å². The molecule has 1 aliphatic heterocycles. The van der Waals surface area contributed by atoms with Crippen molar-refractivity contribution in [2.75, 3.05) is 23.3 Å². The van der Waals surface area contributed by atoms with Crippen molar-refractivity contribution in [2.45, 2.75) is 19.8 Å². The first-order valence-corrected chi connectivity index (χ1v) is 9.82. The molecule has 5 rings (SSSR count). The van der Waals surface area contributed by atoms with Crippen LogP contribution < -0.4 is 16.0 Å². The van der Waals surface area contributed by atoms with E-state index in [1.54, 1.807) is 6.26 Å². The van der Waals surface area contributed by atoms with Crippen molar-refractivity contribution >= 4 is 45.3 Å².